The fourth-order valence-corrected chi connectivity index (χ4v) is 2.40. The van der Waals surface area contributed by atoms with Gasteiger partial charge in [-0.1, -0.05) is 6.07 Å². The summed E-state index contributed by atoms with van der Waals surface area (Å²) in [5.41, 5.74) is 0. The van der Waals surface area contributed by atoms with Crippen molar-refractivity contribution < 1.29 is 0 Å². The van der Waals surface area contributed by atoms with E-state index in [0.29, 0.717) is 6.04 Å². The molecule has 3 nitrogen and oxygen atoms in total. The number of nitrogens with zero attached hydrogens (tertiary/aromatic N) is 2. The number of pyridine rings is 1. The molecule has 16 heavy (non-hydrogen) atoms. The number of rotatable bonds is 3. The van der Waals surface area contributed by atoms with Crippen molar-refractivity contribution in [3.63, 3.8) is 0 Å². The first kappa shape index (κ1) is 11.4. The van der Waals surface area contributed by atoms with Crippen molar-refractivity contribution in [3.8, 4) is 0 Å². The molecule has 0 saturated carbocycles. The smallest absolute Gasteiger partial charge is 0.128 e. The summed E-state index contributed by atoms with van der Waals surface area (Å²) in [5.74, 6) is 1.86. The predicted molar refractivity (Wildman–Crippen MR) is 67.7 cm³/mol. The third-order valence-electron chi connectivity index (χ3n) is 3.59. The summed E-state index contributed by atoms with van der Waals surface area (Å²) in [6, 6.07) is 6.73. The second-order valence-corrected chi connectivity index (χ2v) is 4.61. The van der Waals surface area contributed by atoms with Crippen LogP contribution in [0.2, 0.25) is 0 Å². The van der Waals surface area contributed by atoms with E-state index in [-0.39, 0.29) is 0 Å². The van der Waals surface area contributed by atoms with Crippen LogP contribution in [0.1, 0.15) is 19.8 Å². The highest BCUT2D eigenvalue weighted by atomic mass is 15.2. The van der Waals surface area contributed by atoms with Gasteiger partial charge in [0.15, 0.2) is 0 Å². The summed E-state index contributed by atoms with van der Waals surface area (Å²) in [6.45, 7) is 4.54. The van der Waals surface area contributed by atoms with Crippen LogP contribution >= 0.6 is 0 Å². The van der Waals surface area contributed by atoms with Crippen molar-refractivity contribution in [1.82, 2.24) is 10.3 Å². The molecule has 3 heteroatoms. The average Bonchev–Trinajstić information content (AvgIpc) is 2.39. The molecule has 2 heterocycles. The van der Waals surface area contributed by atoms with Gasteiger partial charge in [0.2, 0.25) is 0 Å². The molecule has 0 aromatic carbocycles. The zero-order valence-corrected chi connectivity index (χ0v) is 10.2. The van der Waals surface area contributed by atoms with Crippen LogP contribution in [-0.2, 0) is 0 Å². The zero-order valence-electron chi connectivity index (χ0n) is 10.2. The normalized spacial score (nSPS) is 23.1. The SMILES string of the molecule is CNC(C)C1CCCN(c2ccccn2)C1. The van der Waals surface area contributed by atoms with Gasteiger partial charge in [0.05, 0.1) is 0 Å². The number of hydrogen-bond acceptors (Lipinski definition) is 3. The second-order valence-electron chi connectivity index (χ2n) is 4.61. The zero-order chi connectivity index (χ0) is 11.4. The summed E-state index contributed by atoms with van der Waals surface area (Å²) in [5, 5.41) is 3.36. The molecule has 1 aromatic heterocycles. The molecule has 1 fully saturated rings. The topological polar surface area (TPSA) is 28.2 Å². The molecule has 0 spiro atoms. The van der Waals surface area contributed by atoms with Gasteiger partial charge < -0.3 is 10.2 Å². The van der Waals surface area contributed by atoms with Crippen LogP contribution in [0.25, 0.3) is 0 Å². The van der Waals surface area contributed by atoms with Crippen molar-refractivity contribution in [2.75, 3.05) is 25.0 Å². The Hall–Kier alpha value is -1.09. The molecule has 0 amide bonds. The van der Waals surface area contributed by atoms with Crippen LogP contribution in [0.5, 0.6) is 0 Å². The maximum absolute atomic E-state index is 4.43. The summed E-state index contributed by atoms with van der Waals surface area (Å²) in [7, 11) is 2.05. The van der Waals surface area contributed by atoms with Crippen LogP contribution in [-0.4, -0.2) is 31.2 Å². The van der Waals surface area contributed by atoms with E-state index in [2.05, 4.69) is 34.3 Å². The monoisotopic (exact) mass is 219 g/mol. The van der Waals surface area contributed by atoms with E-state index in [1.165, 1.54) is 12.8 Å². The summed E-state index contributed by atoms with van der Waals surface area (Å²) in [4.78, 5) is 6.83. The predicted octanol–water partition coefficient (Wildman–Crippen LogP) is 1.91. The second kappa shape index (κ2) is 5.30. The van der Waals surface area contributed by atoms with Crippen LogP contribution in [0, 0.1) is 5.92 Å². The first-order chi connectivity index (χ1) is 7.81. The lowest BCUT2D eigenvalue weighted by molar-refractivity contribution is 0.332. The third-order valence-corrected chi connectivity index (χ3v) is 3.59. The molecule has 1 aliphatic heterocycles. The molecule has 2 atom stereocenters. The van der Waals surface area contributed by atoms with Crippen LogP contribution < -0.4 is 10.2 Å². The third kappa shape index (κ3) is 2.53. The Balaban J connectivity index is 2.02. The molecule has 2 rings (SSSR count). The molecule has 0 bridgehead atoms. The van der Waals surface area contributed by atoms with E-state index in [4.69, 9.17) is 0 Å². The van der Waals surface area contributed by atoms with Crippen molar-refractivity contribution in [1.29, 1.82) is 0 Å². The molecular formula is C13H21N3. The maximum atomic E-state index is 4.43. The first-order valence-corrected chi connectivity index (χ1v) is 6.14. The largest absolute Gasteiger partial charge is 0.356 e. The number of nitrogens with one attached hydrogen (secondary N) is 1. The number of anilines is 1. The van der Waals surface area contributed by atoms with Crippen LogP contribution in [0.3, 0.4) is 0 Å². The van der Waals surface area contributed by atoms with Gasteiger partial charge in [-0.15, -0.1) is 0 Å². The Morgan fingerprint density at radius 2 is 2.38 bits per heavy atom. The van der Waals surface area contributed by atoms with Crippen LogP contribution in [0.15, 0.2) is 24.4 Å². The van der Waals surface area contributed by atoms with Gasteiger partial charge in [0.1, 0.15) is 5.82 Å². The minimum absolute atomic E-state index is 0.589. The average molecular weight is 219 g/mol. The number of piperidine rings is 1. The highest BCUT2D eigenvalue weighted by Gasteiger charge is 2.24. The van der Waals surface area contributed by atoms with E-state index >= 15 is 0 Å². The summed E-state index contributed by atoms with van der Waals surface area (Å²) in [6.07, 6.45) is 4.47. The highest BCUT2D eigenvalue weighted by Crippen LogP contribution is 2.23. The van der Waals surface area contributed by atoms with E-state index in [1.807, 2.05) is 19.3 Å². The summed E-state index contributed by atoms with van der Waals surface area (Å²) >= 11 is 0. The van der Waals surface area contributed by atoms with E-state index < -0.39 is 0 Å². The Morgan fingerprint density at radius 1 is 1.50 bits per heavy atom. The molecule has 0 aliphatic carbocycles. The number of aromatic nitrogens is 1. The van der Waals surface area contributed by atoms with Gasteiger partial charge in [-0.25, -0.2) is 4.98 Å². The fraction of sp³-hybridized carbons (Fsp3) is 0.615. The standard InChI is InChI=1S/C13H21N3/c1-11(14-2)12-6-5-9-16(10-12)13-7-3-4-8-15-13/h3-4,7-8,11-12,14H,5-6,9-10H2,1-2H3. The molecule has 0 radical (unpaired) electrons. The quantitative estimate of drug-likeness (QED) is 0.841. The minimum atomic E-state index is 0.589. The van der Waals surface area contributed by atoms with Gasteiger partial charge in [-0.2, -0.15) is 0 Å². The minimum Gasteiger partial charge on any atom is -0.356 e. The Labute approximate surface area is 97.9 Å². The van der Waals surface area contributed by atoms with Gasteiger partial charge >= 0.3 is 0 Å². The maximum Gasteiger partial charge on any atom is 0.128 e. The number of hydrogen-bond donors (Lipinski definition) is 1. The highest BCUT2D eigenvalue weighted by molar-refractivity contribution is 5.38. The first-order valence-electron chi connectivity index (χ1n) is 6.14. The van der Waals surface area contributed by atoms with E-state index in [0.717, 1.165) is 24.8 Å². The molecule has 1 aromatic rings. The van der Waals surface area contributed by atoms with E-state index in [9.17, 15) is 0 Å². The Morgan fingerprint density at radius 3 is 3.06 bits per heavy atom. The lowest BCUT2D eigenvalue weighted by Gasteiger charge is -2.36. The van der Waals surface area contributed by atoms with Gasteiger partial charge in [-0.3, -0.25) is 0 Å². The molecule has 1 aliphatic rings. The van der Waals surface area contributed by atoms with E-state index in [1.54, 1.807) is 0 Å². The van der Waals surface area contributed by atoms with Gasteiger partial charge in [0, 0.05) is 25.3 Å². The molecule has 1 N–H and O–H groups in total. The lowest BCUT2D eigenvalue weighted by atomic mass is 9.92. The van der Waals surface area contributed by atoms with Crippen LogP contribution in [0.4, 0.5) is 5.82 Å². The molecule has 1 saturated heterocycles. The summed E-state index contributed by atoms with van der Waals surface area (Å²) < 4.78 is 0. The van der Waals surface area contributed by atoms with Crippen molar-refractivity contribution in [3.05, 3.63) is 24.4 Å². The van der Waals surface area contributed by atoms with Gasteiger partial charge in [-0.05, 0) is 44.9 Å². The van der Waals surface area contributed by atoms with Crippen molar-refractivity contribution in [2.45, 2.75) is 25.8 Å². The Kier molecular flexibility index (Phi) is 3.78. The van der Waals surface area contributed by atoms with Gasteiger partial charge in [0.25, 0.3) is 0 Å². The molecule has 2 unspecified atom stereocenters. The fourth-order valence-electron chi connectivity index (χ4n) is 2.40. The Bertz CT molecular complexity index is 312. The lowest BCUT2D eigenvalue weighted by Crippen LogP contribution is -2.43. The molecule has 88 valence electrons. The molecular weight excluding hydrogens is 198 g/mol. The van der Waals surface area contributed by atoms with Crippen molar-refractivity contribution in [2.24, 2.45) is 5.92 Å². The van der Waals surface area contributed by atoms with Crippen molar-refractivity contribution >= 4 is 5.82 Å².